The fourth-order valence-corrected chi connectivity index (χ4v) is 8.69. The van der Waals surface area contributed by atoms with Crippen LogP contribution in [0.5, 0.6) is 0 Å². The van der Waals surface area contributed by atoms with E-state index in [1.54, 1.807) is 0 Å². The molecule has 0 radical (unpaired) electrons. The van der Waals surface area contributed by atoms with Gasteiger partial charge in [-0.2, -0.15) is 0 Å². The first-order valence-corrected chi connectivity index (χ1v) is 17.8. The van der Waals surface area contributed by atoms with Crippen LogP contribution in [0.3, 0.4) is 0 Å². The minimum atomic E-state index is -0.349. The van der Waals surface area contributed by atoms with Crippen LogP contribution in [0, 0.1) is 0 Å². The second-order valence-electron chi connectivity index (χ2n) is 12.8. The smallest absolute Gasteiger partial charge is 0.201 e. The number of hydrogen-bond donors (Lipinski definition) is 1. The minimum Gasteiger partial charge on any atom is -0.346 e. The molecule has 9 aromatic rings. The summed E-state index contributed by atoms with van der Waals surface area (Å²) < 4.78 is 5.01. The molecule has 236 valence electrons. The third-order valence-corrected chi connectivity index (χ3v) is 11.1. The van der Waals surface area contributed by atoms with Crippen LogP contribution in [0.1, 0.15) is 17.4 Å². The number of allylic oxidation sites excluding steroid dienone is 1. The lowest BCUT2D eigenvalue weighted by atomic mass is 10.0. The molecule has 0 amide bonds. The molecule has 3 heterocycles. The Hall–Kier alpha value is -6.23. The van der Waals surface area contributed by atoms with Gasteiger partial charge < -0.3 is 9.88 Å². The number of para-hydroxylation sites is 1. The average molecular weight is 658 g/mol. The number of thiophene rings is 1. The molecule has 1 N–H and O–H groups in total. The van der Waals surface area contributed by atoms with Crippen LogP contribution in [-0.4, -0.2) is 10.3 Å². The number of hydrogen-bond acceptors (Lipinski definition) is 3. The van der Waals surface area contributed by atoms with Crippen molar-refractivity contribution in [2.75, 3.05) is 0 Å². The summed E-state index contributed by atoms with van der Waals surface area (Å²) in [4.78, 5) is 5.38. The molecule has 1 atom stereocenters. The van der Waals surface area contributed by atoms with Gasteiger partial charge in [-0.1, -0.05) is 146 Å². The number of nitrogens with one attached hydrogen (secondary N) is 1. The zero-order valence-corrected chi connectivity index (χ0v) is 27.9. The van der Waals surface area contributed by atoms with E-state index in [4.69, 9.17) is 4.99 Å². The summed E-state index contributed by atoms with van der Waals surface area (Å²) in [6, 6.07) is 60.9. The van der Waals surface area contributed by atoms with E-state index in [0.29, 0.717) is 0 Å². The number of aromatic nitrogens is 1. The quantitative estimate of drug-likeness (QED) is 0.196. The SMILES string of the molecule is C1=C(c2ccc(-c3ccccc3)cc2)NC(n2c3ccccc3c3cc(-c4cccc5c4sc4ccccc45)ccc32)N=C1c1ccccc1. The van der Waals surface area contributed by atoms with E-state index in [-0.39, 0.29) is 6.29 Å². The second-order valence-corrected chi connectivity index (χ2v) is 13.9. The molecule has 0 spiro atoms. The van der Waals surface area contributed by atoms with Crippen LogP contribution in [0.15, 0.2) is 181 Å². The van der Waals surface area contributed by atoms with E-state index < -0.39 is 0 Å². The molecule has 0 bridgehead atoms. The highest BCUT2D eigenvalue weighted by Gasteiger charge is 2.24. The number of aliphatic imine (C=N–C) groups is 1. The highest BCUT2D eigenvalue weighted by molar-refractivity contribution is 7.26. The topological polar surface area (TPSA) is 29.3 Å². The Labute approximate surface area is 294 Å². The molecule has 50 heavy (non-hydrogen) atoms. The van der Waals surface area contributed by atoms with Crippen molar-refractivity contribution in [1.82, 2.24) is 9.88 Å². The number of benzene rings is 7. The molecule has 2 aromatic heterocycles. The summed E-state index contributed by atoms with van der Waals surface area (Å²) in [6.45, 7) is 0. The van der Waals surface area contributed by atoms with Crippen molar-refractivity contribution in [3.63, 3.8) is 0 Å². The van der Waals surface area contributed by atoms with E-state index in [0.717, 1.165) is 33.6 Å². The summed E-state index contributed by atoms with van der Waals surface area (Å²) in [5, 5.41) is 8.91. The Morgan fingerprint density at radius 1 is 0.480 bits per heavy atom. The van der Waals surface area contributed by atoms with E-state index in [2.05, 4.69) is 186 Å². The van der Waals surface area contributed by atoms with Gasteiger partial charge in [0.2, 0.25) is 6.29 Å². The van der Waals surface area contributed by atoms with Crippen molar-refractivity contribution in [3.8, 4) is 22.3 Å². The monoisotopic (exact) mass is 657 g/mol. The molecule has 0 aliphatic carbocycles. The fourth-order valence-electron chi connectivity index (χ4n) is 7.46. The summed E-state index contributed by atoms with van der Waals surface area (Å²) in [7, 11) is 0. The van der Waals surface area contributed by atoms with Gasteiger partial charge in [0.25, 0.3) is 0 Å². The van der Waals surface area contributed by atoms with Gasteiger partial charge in [-0.25, -0.2) is 4.99 Å². The highest BCUT2D eigenvalue weighted by atomic mass is 32.1. The van der Waals surface area contributed by atoms with E-state index >= 15 is 0 Å². The maximum atomic E-state index is 5.38. The lowest BCUT2D eigenvalue weighted by Crippen LogP contribution is -2.29. The number of nitrogens with zero attached hydrogens (tertiary/aromatic N) is 2. The largest absolute Gasteiger partial charge is 0.346 e. The van der Waals surface area contributed by atoms with Crippen molar-refractivity contribution in [3.05, 3.63) is 187 Å². The summed E-state index contributed by atoms with van der Waals surface area (Å²) in [6.07, 6.45) is 1.83. The molecule has 4 heteroatoms. The molecule has 7 aromatic carbocycles. The van der Waals surface area contributed by atoms with E-state index in [9.17, 15) is 0 Å². The fraction of sp³-hybridized carbons (Fsp3) is 0.0217. The zero-order valence-electron chi connectivity index (χ0n) is 27.1. The normalized spacial score (nSPS) is 14.6. The maximum absolute atomic E-state index is 5.38. The van der Waals surface area contributed by atoms with Crippen LogP contribution in [0.25, 0.3) is 69.9 Å². The van der Waals surface area contributed by atoms with Crippen molar-refractivity contribution in [2.24, 2.45) is 4.99 Å². The summed E-state index contributed by atoms with van der Waals surface area (Å²) >= 11 is 1.88. The predicted octanol–water partition coefficient (Wildman–Crippen LogP) is 12.1. The predicted molar refractivity (Wildman–Crippen MR) is 213 cm³/mol. The molecule has 0 saturated carbocycles. The Morgan fingerprint density at radius 2 is 1.10 bits per heavy atom. The lowest BCUT2D eigenvalue weighted by Gasteiger charge is -2.27. The van der Waals surface area contributed by atoms with Gasteiger partial charge in [-0.3, -0.25) is 0 Å². The first-order valence-electron chi connectivity index (χ1n) is 17.0. The summed E-state index contributed by atoms with van der Waals surface area (Å²) in [5.74, 6) is 0. The third-order valence-electron chi connectivity index (χ3n) is 9.87. The Bertz CT molecular complexity index is 2770. The van der Waals surface area contributed by atoms with Gasteiger partial charge in [0.1, 0.15) is 0 Å². The molecule has 1 aliphatic rings. The van der Waals surface area contributed by atoms with Crippen molar-refractivity contribution in [2.45, 2.75) is 6.29 Å². The number of rotatable bonds is 5. The Balaban J connectivity index is 1.11. The molecule has 10 rings (SSSR count). The van der Waals surface area contributed by atoms with Crippen LogP contribution in [0.2, 0.25) is 0 Å². The zero-order chi connectivity index (χ0) is 33.0. The van der Waals surface area contributed by atoms with E-state index in [1.807, 2.05) is 11.3 Å². The standard InChI is InChI=1S/C46H31N3S/c1-3-12-30(13-4-1)31-22-24-33(25-23-31)41-29-40(32-14-5-2-6-15-32)47-46(48-41)49-42-20-9-7-16-36(42)39-28-34(26-27-43(39)49)35-18-11-19-38-37-17-8-10-21-44(37)50-45(35)38/h1-29,46,48H. The van der Waals surface area contributed by atoms with Gasteiger partial charge in [0.05, 0.1) is 16.7 Å². The van der Waals surface area contributed by atoms with Crippen LogP contribution in [0.4, 0.5) is 0 Å². The first kappa shape index (κ1) is 28.8. The molecule has 0 fully saturated rings. The first-order chi connectivity index (χ1) is 24.8. The molecule has 1 unspecified atom stereocenters. The number of fused-ring (bicyclic) bond motifs is 6. The molecule has 3 nitrogen and oxygen atoms in total. The summed E-state index contributed by atoms with van der Waals surface area (Å²) in [5.41, 5.74) is 11.4. The highest BCUT2D eigenvalue weighted by Crippen LogP contribution is 2.42. The van der Waals surface area contributed by atoms with Crippen molar-refractivity contribution >= 4 is 64.7 Å². The van der Waals surface area contributed by atoms with Crippen LogP contribution >= 0.6 is 11.3 Å². The van der Waals surface area contributed by atoms with Crippen LogP contribution in [-0.2, 0) is 0 Å². The Kier molecular flexibility index (Phi) is 6.74. The molecule has 0 saturated heterocycles. The average Bonchev–Trinajstić information content (AvgIpc) is 3.74. The second kappa shape index (κ2) is 11.7. The van der Waals surface area contributed by atoms with Gasteiger partial charge in [0, 0.05) is 36.6 Å². The molecular formula is C46H31N3S. The van der Waals surface area contributed by atoms with Crippen molar-refractivity contribution in [1.29, 1.82) is 0 Å². The molecular weight excluding hydrogens is 627 g/mol. The third kappa shape index (κ3) is 4.76. The van der Waals surface area contributed by atoms with Gasteiger partial charge in [-0.15, -0.1) is 11.3 Å². The molecule has 1 aliphatic heterocycles. The van der Waals surface area contributed by atoms with Gasteiger partial charge in [-0.05, 0) is 63.7 Å². The minimum absolute atomic E-state index is 0.349. The Morgan fingerprint density at radius 3 is 1.92 bits per heavy atom. The van der Waals surface area contributed by atoms with E-state index in [1.165, 1.54) is 53.2 Å². The van der Waals surface area contributed by atoms with Crippen LogP contribution < -0.4 is 5.32 Å². The lowest BCUT2D eigenvalue weighted by molar-refractivity contribution is 0.508. The maximum Gasteiger partial charge on any atom is 0.201 e. The van der Waals surface area contributed by atoms with Gasteiger partial charge >= 0.3 is 0 Å². The van der Waals surface area contributed by atoms with Crippen molar-refractivity contribution < 1.29 is 0 Å². The van der Waals surface area contributed by atoms with Gasteiger partial charge in [0.15, 0.2) is 0 Å².